The van der Waals surface area contributed by atoms with E-state index >= 15 is 0 Å². The van der Waals surface area contributed by atoms with Crippen molar-refractivity contribution < 1.29 is 9.90 Å². The topological polar surface area (TPSA) is 94.0 Å². The molecule has 0 atom stereocenters. The minimum absolute atomic E-state index is 0.0416. The van der Waals surface area contributed by atoms with Gasteiger partial charge in [-0.05, 0) is 24.6 Å². The maximum atomic E-state index is 10.7. The molecule has 3 N–H and O–H groups in total. The van der Waals surface area contributed by atoms with Gasteiger partial charge < -0.3 is 10.8 Å². The van der Waals surface area contributed by atoms with Gasteiger partial charge in [0.25, 0.3) is 0 Å². The molecule has 19 heavy (non-hydrogen) atoms. The third-order valence-corrected chi connectivity index (χ3v) is 3.56. The van der Waals surface area contributed by atoms with Crippen LogP contribution >= 0.6 is 11.8 Å². The Bertz CT molecular complexity index is 597. The predicted molar refractivity (Wildman–Crippen MR) is 73.3 cm³/mol. The first kappa shape index (κ1) is 13.4. The minimum Gasteiger partial charge on any atom is -0.476 e. The summed E-state index contributed by atoms with van der Waals surface area (Å²) in [6.07, 6.45) is 1.42. The summed E-state index contributed by atoms with van der Waals surface area (Å²) in [6, 6.07) is 5.88. The zero-order chi connectivity index (χ0) is 13.8. The van der Waals surface area contributed by atoms with Gasteiger partial charge in [-0.2, -0.15) is 0 Å². The standard InChI is InChI=1S/C12H14N4O2S/c1-8-2-3-9(13)11(6-8)19-5-4-16-7-10(12(17)18)14-15-16/h2-3,6-7H,4-5,13H2,1H3,(H,17,18). The van der Waals surface area contributed by atoms with Crippen molar-refractivity contribution in [1.29, 1.82) is 0 Å². The van der Waals surface area contributed by atoms with Crippen LogP contribution in [0.3, 0.4) is 0 Å². The number of aryl methyl sites for hydroxylation is 2. The molecule has 0 spiro atoms. The second-order valence-corrected chi connectivity index (χ2v) is 5.20. The van der Waals surface area contributed by atoms with Gasteiger partial charge in [0, 0.05) is 16.3 Å². The summed E-state index contributed by atoms with van der Waals surface area (Å²) in [5, 5.41) is 16.0. The summed E-state index contributed by atoms with van der Waals surface area (Å²) in [4.78, 5) is 11.7. The molecule has 0 saturated carbocycles. The zero-order valence-electron chi connectivity index (χ0n) is 10.4. The number of nitrogens with zero attached hydrogens (tertiary/aromatic N) is 3. The van der Waals surface area contributed by atoms with Gasteiger partial charge in [0.2, 0.25) is 0 Å². The Hall–Kier alpha value is -2.02. The van der Waals surface area contributed by atoms with Crippen molar-refractivity contribution >= 4 is 23.4 Å². The number of rotatable bonds is 5. The van der Waals surface area contributed by atoms with E-state index in [4.69, 9.17) is 10.8 Å². The number of carboxylic acids is 1. The number of aromatic nitrogens is 3. The quantitative estimate of drug-likeness (QED) is 0.638. The number of thioether (sulfide) groups is 1. The molecule has 0 unspecified atom stereocenters. The van der Waals surface area contributed by atoms with E-state index in [1.165, 1.54) is 10.9 Å². The maximum absolute atomic E-state index is 10.7. The smallest absolute Gasteiger partial charge is 0.358 e. The largest absolute Gasteiger partial charge is 0.476 e. The van der Waals surface area contributed by atoms with E-state index in [9.17, 15) is 4.79 Å². The number of carboxylic acid groups (broad SMARTS) is 1. The molecule has 1 heterocycles. The summed E-state index contributed by atoms with van der Waals surface area (Å²) in [5.74, 6) is -0.322. The molecule has 0 aliphatic carbocycles. The summed E-state index contributed by atoms with van der Waals surface area (Å²) in [5.41, 5.74) is 7.75. The lowest BCUT2D eigenvalue weighted by Gasteiger charge is -2.06. The van der Waals surface area contributed by atoms with E-state index in [1.54, 1.807) is 11.8 Å². The van der Waals surface area contributed by atoms with E-state index in [2.05, 4.69) is 10.3 Å². The third-order valence-electron chi connectivity index (χ3n) is 2.50. The average molecular weight is 278 g/mol. The van der Waals surface area contributed by atoms with Crippen molar-refractivity contribution in [3.8, 4) is 0 Å². The van der Waals surface area contributed by atoms with Crippen LogP contribution in [-0.2, 0) is 6.54 Å². The Kier molecular flexibility index (Phi) is 4.06. The molecule has 0 aliphatic rings. The first-order valence-electron chi connectivity index (χ1n) is 5.68. The normalized spacial score (nSPS) is 10.6. The zero-order valence-corrected chi connectivity index (χ0v) is 11.2. The molecule has 0 radical (unpaired) electrons. The van der Waals surface area contributed by atoms with Gasteiger partial charge >= 0.3 is 5.97 Å². The molecule has 7 heteroatoms. The summed E-state index contributed by atoms with van der Waals surface area (Å²) in [7, 11) is 0. The van der Waals surface area contributed by atoms with E-state index in [-0.39, 0.29) is 5.69 Å². The van der Waals surface area contributed by atoms with Crippen molar-refractivity contribution in [1.82, 2.24) is 15.0 Å². The molecule has 0 bridgehead atoms. The van der Waals surface area contributed by atoms with Gasteiger partial charge in [-0.25, -0.2) is 4.79 Å². The highest BCUT2D eigenvalue weighted by atomic mass is 32.2. The SMILES string of the molecule is Cc1ccc(N)c(SCCn2cc(C(=O)O)nn2)c1. The van der Waals surface area contributed by atoms with Crippen LogP contribution in [0.4, 0.5) is 5.69 Å². The molecule has 0 fully saturated rings. The number of hydrogen-bond acceptors (Lipinski definition) is 5. The van der Waals surface area contributed by atoms with Crippen molar-refractivity contribution in [2.75, 3.05) is 11.5 Å². The molecule has 6 nitrogen and oxygen atoms in total. The van der Waals surface area contributed by atoms with Gasteiger partial charge in [-0.15, -0.1) is 16.9 Å². The fourth-order valence-electron chi connectivity index (χ4n) is 1.52. The second kappa shape index (κ2) is 5.75. The maximum Gasteiger partial charge on any atom is 0.358 e. The number of nitrogens with two attached hydrogens (primary N) is 1. The number of anilines is 1. The van der Waals surface area contributed by atoms with Crippen molar-refractivity contribution in [3.05, 3.63) is 35.7 Å². The highest BCUT2D eigenvalue weighted by Gasteiger charge is 2.08. The average Bonchev–Trinajstić information content (AvgIpc) is 2.82. The monoisotopic (exact) mass is 278 g/mol. The Balaban J connectivity index is 1.92. The lowest BCUT2D eigenvalue weighted by molar-refractivity contribution is 0.0690. The Morgan fingerprint density at radius 1 is 1.53 bits per heavy atom. The molecule has 0 saturated heterocycles. The van der Waals surface area contributed by atoms with E-state index in [0.717, 1.165) is 21.9 Å². The van der Waals surface area contributed by atoms with Crippen LogP contribution in [-0.4, -0.2) is 31.8 Å². The van der Waals surface area contributed by atoms with Gasteiger partial charge in [-0.1, -0.05) is 11.3 Å². The molecule has 0 aliphatic heterocycles. The molecule has 1 aromatic carbocycles. The minimum atomic E-state index is -1.07. The summed E-state index contributed by atoms with van der Waals surface area (Å²) < 4.78 is 1.52. The number of hydrogen-bond donors (Lipinski definition) is 2. The van der Waals surface area contributed by atoms with Gasteiger partial charge in [0.15, 0.2) is 5.69 Å². The Morgan fingerprint density at radius 3 is 3.00 bits per heavy atom. The second-order valence-electron chi connectivity index (χ2n) is 4.06. The van der Waals surface area contributed by atoms with Crippen LogP contribution in [0.25, 0.3) is 0 Å². The molecule has 2 rings (SSSR count). The first-order valence-corrected chi connectivity index (χ1v) is 6.67. The van der Waals surface area contributed by atoms with E-state index in [1.807, 2.05) is 25.1 Å². The van der Waals surface area contributed by atoms with Crippen LogP contribution in [0.5, 0.6) is 0 Å². The highest BCUT2D eigenvalue weighted by molar-refractivity contribution is 7.99. The van der Waals surface area contributed by atoms with Crippen LogP contribution in [0, 0.1) is 6.92 Å². The highest BCUT2D eigenvalue weighted by Crippen LogP contribution is 2.25. The first-order chi connectivity index (χ1) is 9.06. The van der Waals surface area contributed by atoms with Gasteiger partial charge in [0.05, 0.1) is 12.7 Å². The van der Waals surface area contributed by atoms with Crippen LogP contribution in [0.2, 0.25) is 0 Å². The van der Waals surface area contributed by atoms with Crippen LogP contribution in [0.15, 0.2) is 29.3 Å². The lowest BCUT2D eigenvalue weighted by atomic mass is 10.2. The molecular weight excluding hydrogens is 264 g/mol. The summed E-state index contributed by atoms with van der Waals surface area (Å²) in [6.45, 7) is 2.60. The van der Waals surface area contributed by atoms with Crippen LogP contribution < -0.4 is 5.73 Å². The lowest BCUT2D eigenvalue weighted by Crippen LogP contribution is -2.02. The van der Waals surface area contributed by atoms with Crippen molar-refractivity contribution in [2.24, 2.45) is 0 Å². The fourth-order valence-corrected chi connectivity index (χ4v) is 2.52. The Morgan fingerprint density at radius 2 is 2.32 bits per heavy atom. The van der Waals surface area contributed by atoms with Crippen LogP contribution in [0.1, 0.15) is 16.1 Å². The third kappa shape index (κ3) is 3.47. The van der Waals surface area contributed by atoms with Gasteiger partial charge in [-0.3, -0.25) is 4.68 Å². The number of aromatic carboxylic acids is 1. The predicted octanol–water partition coefficient (Wildman–Crippen LogP) is 1.66. The Labute approximate surface area is 114 Å². The number of carbonyl (C=O) groups is 1. The number of nitrogen functional groups attached to an aromatic ring is 1. The van der Waals surface area contributed by atoms with Crippen molar-refractivity contribution in [3.63, 3.8) is 0 Å². The van der Waals surface area contributed by atoms with Crippen molar-refractivity contribution in [2.45, 2.75) is 18.4 Å². The molecule has 2 aromatic rings. The number of benzene rings is 1. The van der Waals surface area contributed by atoms with E-state index in [0.29, 0.717) is 6.54 Å². The summed E-state index contributed by atoms with van der Waals surface area (Å²) >= 11 is 1.61. The molecule has 1 aromatic heterocycles. The molecular formula is C12H14N4O2S. The fraction of sp³-hybridized carbons (Fsp3) is 0.250. The molecule has 100 valence electrons. The molecule has 0 amide bonds. The van der Waals surface area contributed by atoms with Gasteiger partial charge in [0.1, 0.15) is 0 Å². The van der Waals surface area contributed by atoms with E-state index < -0.39 is 5.97 Å².